The molecule has 1 aromatic carbocycles. The second kappa shape index (κ2) is 5.93. The third-order valence-electron chi connectivity index (χ3n) is 4.15. The molecule has 2 rings (SSSR count). The SMILES string of the molecule is Cc1cc(C)cc(N2CC(CCN)N(C)CC2C)c1. The predicted molar refractivity (Wildman–Crippen MR) is 82.8 cm³/mol. The molecule has 0 aromatic heterocycles. The summed E-state index contributed by atoms with van der Waals surface area (Å²) in [7, 11) is 2.22. The van der Waals surface area contributed by atoms with Gasteiger partial charge in [0.1, 0.15) is 0 Å². The van der Waals surface area contributed by atoms with Crippen molar-refractivity contribution in [2.24, 2.45) is 5.73 Å². The lowest BCUT2D eigenvalue weighted by Crippen LogP contribution is -2.56. The van der Waals surface area contributed by atoms with Gasteiger partial charge in [-0.2, -0.15) is 0 Å². The van der Waals surface area contributed by atoms with Crippen molar-refractivity contribution in [1.82, 2.24) is 4.90 Å². The van der Waals surface area contributed by atoms with Crippen molar-refractivity contribution in [2.45, 2.75) is 39.3 Å². The van der Waals surface area contributed by atoms with Crippen LogP contribution in [0.5, 0.6) is 0 Å². The van der Waals surface area contributed by atoms with Gasteiger partial charge in [-0.1, -0.05) is 6.07 Å². The Kier molecular flexibility index (Phi) is 4.48. The molecule has 0 radical (unpaired) electrons. The van der Waals surface area contributed by atoms with E-state index in [0.29, 0.717) is 12.1 Å². The molecule has 3 heteroatoms. The number of rotatable bonds is 3. The van der Waals surface area contributed by atoms with Crippen molar-refractivity contribution in [2.75, 3.05) is 31.6 Å². The topological polar surface area (TPSA) is 32.5 Å². The first-order valence-electron chi connectivity index (χ1n) is 7.26. The summed E-state index contributed by atoms with van der Waals surface area (Å²) in [4.78, 5) is 5.00. The number of aryl methyl sites for hydroxylation is 2. The lowest BCUT2D eigenvalue weighted by Gasteiger charge is -2.45. The van der Waals surface area contributed by atoms with E-state index in [4.69, 9.17) is 5.73 Å². The number of anilines is 1. The fraction of sp³-hybridized carbons (Fsp3) is 0.625. The minimum Gasteiger partial charge on any atom is -0.366 e. The largest absolute Gasteiger partial charge is 0.366 e. The Morgan fingerprint density at radius 1 is 1.16 bits per heavy atom. The summed E-state index contributed by atoms with van der Waals surface area (Å²) in [5.41, 5.74) is 9.79. The van der Waals surface area contributed by atoms with Crippen LogP contribution < -0.4 is 10.6 Å². The Labute approximate surface area is 117 Å². The van der Waals surface area contributed by atoms with Crippen molar-refractivity contribution in [3.05, 3.63) is 29.3 Å². The normalized spacial score (nSPS) is 24.8. The smallest absolute Gasteiger partial charge is 0.0389 e. The van der Waals surface area contributed by atoms with Crippen molar-refractivity contribution in [1.29, 1.82) is 0 Å². The zero-order valence-electron chi connectivity index (χ0n) is 12.7. The minimum absolute atomic E-state index is 0.556. The zero-order valence-corrected chi connectivity index (χ0v) is 12.7. The molecule has 1 aliphatic rings. The van der Waals surface area contributed by atoms with Crippen molar-refractivity contribution in [3.8, 4) is 0 Å². The van der Waals surface area contributed by atoms with E-state index in [-0.39, 0.29) is 0 Å². The number of likely N-dealkylation sites (N-methyl/N-ethyl adjacent to an activating group) is 1. The van der Waals surface area contributed by atoms with Crippen LogP contribution in [0.2, 0.25) is 0 Å². The molecule has 1 heterocycles. The Hall–Kier alpha value is -1.06. The molecule has 106 valence electrons. The van der Waals surface area contributed by atoms with Crippen LogP contribution in [0.25, 0.3) is 0 Å². The molecule has 0 saturated carbocycles. The molecule has 1 aliphatic heterocycles. The highest BCUT2D eigenvalue weighted by Gasteiger charge is 2.29. The molecule has 3 nitrogen and oxygen atoms in total. The molecule has 1 fully saturated rings. The number of nitrogens with zero attached hydrogens (tertiary/aromatic N) is 2. The van der Waals surface area contributed by atoms with Crippen LogP contribution in [-0.2, 0) is 0 Å². The van der Waals surface area contributed by atoms with Crippen LogP contribution >= 0.6 is 0 Å². The van der Waals surface area contributed by atoms with Gasteiger partial charge in [-0.15, -0.1) is 0 Å². The van der Waals surface area contributed by atoms with Crippen LogP contribution in [0.4, 0.5) is 5.69 Å². The summed E-state index contributed by atoms with van der Waals surface area (Å²) in [6.45, 7) is 9.62. The molecule has 2 unspecified atom stereocenters. The van der Waals surface area contributed by atoms with E-state index in [1.807, 2.05) is 0 Å². The lowest BCUT2D eigenvalue weighted by atomic mass is 10.0. The number of nitrogens with two attached hydrogens (primary N) is 1. The summed E-state index contributed by atoms with van der Waals surface area (Å²) in [6.07, 6.45) is 1.07. The number of hydrogen-bond acceptors (Lipinski definition) is 3. The molecule has 0 bridgehead atoms. The molecule has 0 spiro atoms. The highest BCUT2D eigenvalue weighted by Crippen LogP contribution is 2.25. The molecule has 0 amide bonds. The molecular formula is C16H27N3. The van der Waals surface area contributed by atoms with Crippen LogP contribution in [-0.4, -0.2) is 43.7 Å². The number of piperazine rings is 1. The Morgan fingerprint density at radius 3 is 2.37 bits per heavy atom. The van der Waals surface area contributed by atoms with E-state index in [1.165, 1.54) is 16.8 Å². The number of hydrogen-bond donors (Lipinski definition) is 1. The summed E-state index contributed by atoms with van der Waals surface area (Å²) in [6, 6.07) is 7.96. The molecule has 19 heavy (non-hydrogen) atoms. The Balaban J connectivity index is 2.22. The lowest BCUT2D eigenvalue weighted by molar-refractivity contribution is 0.185. The van der Waals surface area contributed by atoms with E-state index >= 15 is 0 Å². The Bertz CT molecular complexity index is 410. The molecule has 2 atom stereocenters. The predicted octanol–water partition coefficient (Wildman–Crippen LogP) is 2.16. The fourth-order valence-corrected chi connectivity index (χ4v) is 3.19. The van der Waals surface area contributed by atoms with Gasteiger partial charge < -0.3 is 10.6 Å². The van der Waals surface area contributed by atoms with Gasteiger partial charge in [0.2, 0.25) is 0 Å². The molecule has 2 N–H and O–H groups in total. The third-order valence-corrected chi connectivity index (χ3v) is 4.15. The van der Waals surface area contributed by atoms with Crippen molar-refractivity contribution < 1.29 is 0 Å². The summed E-state index contributed by atoms with van der Waals surface area (Å²) in [5, 5.41) is 0. The van der Waals surface area contributed by atoms with Gasteiger partial charge >= 0.3 is 0 Å². The highest BCUT2D eigenvalue weighted by atomic mass is 15.3. The fourth-order valence-electron chi connectivity index (χ4n) is 3.19. The first-order valence-corrected chi connectivity index (χ1v) is 7.26. The van der Waals surface area contributed by atoms with Crippen LogP contribution in [0, 0.1) is 13.8 Å². The first kappa shape index (κ1) is 14.4. The van der Waals surface area contributed by atoms with Gasteiger partial charge in [0.05, 0.1) is 0 Å². The third kappa shape index (κ3) is 3.28. The maximum atomic E-state index is 5.74. The van der Waals surface area contributed by atoms with E-state index in [2.05, 4.69) is 55.8 Å². The highest BCUT2D eigenvalue weighted by molar-refractivity contribution is 5.52. The second-order valence-corrected chi connectivity index (χ2v) is 6.02. The summed E-state index contributed by atoms with van der Waals surface area (Å²) < 4.78 is 0. The quantitative estimate of drug-likeness (QED) is 0.905. The molecule has 1 saturated heterocycles. The van der Waals surface area contributed by atoms with Crippen LogP contribution in [0.3, 0.4) is 0 Å². The molecular weight excluding hydrogens is 234 g/mol. The van der Waals surface area contributed by atoms with Gasteiger partial charge in [0, 0.05) is 30.9 Å². The van der Waals surface area contributed by atoms with Gasteiger partial charge in [-0.05, 0) is 64.0 Å². The van der Waals surface area contributed by atoms with E-state index in [9.17, 15) is 0 Å². The van der Waals surface area contributed by atoms with E-state index in [1.54, 1.807) is 0 Å². The van der Waals surface area contributed by atoms with E-state index < -0.39 is 0 Å². The van der Waals surface area contributed by atoms with Crippen LogP contribution in [0.1, 0.15) is 24.5 Å². The van der Waals surface area contributed by atoms with Gasteiger partial charge in [-0.25, -0.2) is 0 Å². The first-order chi connectivity index (χ1) is 9.01. The van der Waals surface area contributed by atoms with Gasteiger partial charge in [0.25, 0.3) is 0 Å². The van der Waals surface area contributed by atoms with E-state index in [0.717, 1.165) is 26.1 Å². The number of benzene rings is 1. The molecule has 0 aliphatic carbocycles. The van der Waals surface area contributed by atoms with Gasteiger partial charge in [-0.3, -0.25) is 4.90 Å². The average Bonchev–Trinajstić information content (AvgIpc) is 2.31. The molecule has 1 aromatic rings. The minimum atomic E-state index is 0.556. The second-order valence-electron chi connectivity index (χ2n) is 6.02. The van der Waals surface area contributed by atoms with Crippen LogP contribution in [0.15, 0.2) is 18.2 Å². The standard InChI is InChI=1S/C16H27N3/c1-12-7-13(2)9-16(8-12)19-11-15(5-6-17)18(4)10-14(19)3/h7-9,14-15H,5-6,10-11,17H2,1-4H3. The average molecular weight is 261 g/mol. The van der Waals surface area contributed by atoms with Gasteiger partial charge in [0.15, 0.2) is 0 Å². The Morgan fingerprint density at radius 2 is 1.79 bits per heavy atom. The summed E-state index contributed by atoms with van der Waals surface area (Å²) in [5.74, 6) is 0. The maximum Gasteiger partial charge on any atom is 0.0389 e. The van der Waals surface area contributed by atoms with Crippen molar-refractivity contribution in [3.63, 3.8) is 0 Å². The monoisotopic (exact) mass is 261 g/mol. The zero-order chi connectivity index (χ0) is 14.0. The summed E-state index contributed by atoms with van der Waals surface area (Å²) >= 11 is 0. The van der Waals surface area contributed by atoms with Crippen molar-refractivity contribution >= 4 is 5.69 Å². The maximum absolute atomic E-state index is 5.74.